The third-order valence-electron chi connectivity index (χ3n) is 2.06. The molecule has 0 saturated carbocycles. The quantitative estimate of drug-likeness (QED) is 0.673. The van der Waals surface area contributed by atoms with Gasteiger partial charge in [0.15, 0.2) is 0 Å². The molecule has 1 aromatic rings. The SMILES string of the molecule is CC(c1ccc(C=O)cc1)C(F)(F)F. The van der Waals surface area contributed by atoms with Gasteiger partial charge >= 0.3 is 6.18 Å². The van der Waals surface area contributed by atoms with Crippen LogP contribution in [0.5, 0.6) is 0 Å². The van der Waals surface area contributed by atoms with Crippen molar-refractivity contribution in [2.24, 2.45) is 0 Å². The Labute approximate surface area is 79.5 Å². The summed E-state index contributed by atoms with van der Waals surface area (Å²) in [6.45, 7) is 1.09. The Balaban J connectivity index is 2.92. The van der Waals surface area contributed by atoms with E-state index in [4.69, 9.17) is 0 Å². The number of halogens is 3. The molecule has 0 spiro atoms. The van der Waals surface area contributed by atoms with Crippen molar-refractivity contribution in [3.8, 4) is 0 Å². The second-order valence-electron chi connectivity index (χ2n) is 3.05. The molecule has 0 saturated heterocycles. The Hall–Kier alpha value is -1.32. The van der Waals surface area contributed by atoms with E-state index in [0.29, 0.717) is 11.8 Å². The smallest absolute Gasteiger partial charge is 0.298 e. The van der Waals surface area contributed by atoms with Crippen molar-refractivity contribution in [1.82, 2.24) is 0 Å². The molecular weight excluding hydrogens is 193 g/mol. The lowest BCUT2D eigenvalue weighted by Gasteiger charge is -2.15. The molecule has 0 aromatic heterocycles. The molecule has 1 rings (SSSR count). The number of benzene rings is 1. The zero-order valence-corrected chi connectivity index (χ0v) is 7.51. The molecule has 0 bridgehead atoms. The van der Waals surface area contributed by atoms with E-state index in [-0.39, 0.29) is 5.56 Å². The number of rotatable bonds is 2. The van der Waals surface area contributed by atoms with Crippen molar-refractivity contribution in [2.45, 2.75) is 19.0 Å². The fourth-order valence-corrected chi connectivity index (χ4v) is 1.05. The maximum absolute atomic E-state index is 12.2. The molecular formula is C10H9F3O. The highest BCUT2D eigenvalue weighted by atomic mass is 19.4. The van der Waals surface area contributed by atoms with Crippen LogP contribution >= 0.6 is 0 Å². The topological polar surface area (TPSA) is 17.1 Å². The number of hydrogen-bond donors (Lipinski definition) is 0. The number of aldehydes is 1. The van der Waals surface area contributed by atoms with Crippen LogP contribution in [0.15, 0.2) is 24.3 Å². The molecule has 4 heteroatoms. The first-order valence-corrected chi connectivity index (χ1v) is 4.07. The highest BCUT2D eigenvalue weighted by Crippen LogP contribution is 2.33. The summed E-state index contributed by atoms with van der Waals surface area (Å²) in [4.78, 5) is 10.3. The number of carbonyl (C=O) groups excluding carboxylic acids is 1. The average molecular weight is 202 g/mol. The van der Waals surface area contributed by atoms with Crippen LogP contribution in [0, 0.1) is 0 Å². The first kappa shape index (κ1) is 10.8. The van der Waals surface area contributed by atoms with Gasteiger partial charge in [-0.25, -0.2) is 0 Å². The Morgan fingerprint density at radius 3 is 2.07 bits per heavy atom. The summed E-state index contributed by atoms with van der Waals surface area (Å²) in [6, 6.07) is 5.40. The van der Waals surface area contributed by atoms with Crippen molar-refractivity contribution in [1.29, 1.82) is 0 Å². The lowest BCUT2D eigenvalue weighted by molar-refractivity contribution is -0.146. The van der Waals surface area contributed by atoms with Gasteiger partial charge in [0.25, 0.3) is 0 Å². The van der Waals surface area contributed by atoms with Crippen LogP contribution in [0.4, 0.5) is 13.2 Å². The largest absolute Gasteiger partial charge is 0.395 e. The van der Waals surface area contributed by atoms with Gasteiger partial charge in [0.2, 0.25) is 0 Å². The van der Waals surface area contributed by atoms with Gasteiger partial charge in [-0.1, -0.05) is 24.3 Å². The summed E-state index contributed by atoms with van der Waals surface area (Å²) in [7, 11) is 0. The zero-order valence-electron chi connectivity index (χ0n) is 7.51. The molecule has 14 heavy (non-hydrogen) atoms. The normalized spacial score (nSPS) is 13.7. The fourth-order valence-electron chi connectivity index (χ4n) is 1.05. The van der Waals surface area contributed by atoms with Gasteiger partial charge in [-0.15, -0.1) is 0 Å². The molecule has 0 fully saturated rings. The molecule has 0 amide bonds. The van der Waals surface area contributed by atoms with Gasteiger partial charge < -0.3 is 0 Å². The van der Waals surface area contributed by atoms with E-state index < -0.39 is 12.1 Å². The Bertz CT molecular complexity index is 313. The Morgan fingerprint density at radius 1 is 1.21 bits per heavy atom. The summed E-state index contributed by atoms with van der Waals surface area (Å²) < 4.78 is 36.7. The molecule has 0 heterocycles. The van der Waals surface area contributed by atoms with Crippen LogP contribution in [-0.4, -0.2) is 12.5 Å². The molecule has 0 aliphatic carbocycles. The molecule has 0 N–H and O–H groups in total. The van der Waals surface area contributed by atoms with E-state index in [2.05, 4.69) is 0 Å². The van der Waals surface area contributed by atoms with Gasteiger partial charge in [0.1, 0.15) is 6.29 Å². The number of carbonyl (C=O) groups is 1. The summed E-state index contributed by atoms with van der Waals surface area (Å²) in [5, 5.41) is 0. The van der Waals surface area contributed by atoms with Gasteiger partial charge in [-0.3, -0.25) is 4.79 Å². The maximum atomic E-state index is 12.2. The number of hydrogen-bond acceptors (Lipinski definition) is 1. The van der Waals surface area contributed by atoms with Crippen molar-refractivity contribution in [3.05, 3.63) is 35.4 Å². The monoisotopic (exact) mass is 202 g/mol. The van der Waals surface area contributed by atoms with Crippen LogP contribution in [0.3, 0.4) is 0 Å². The van der Waals surface area contributed by atoms with Crippen molar-refractivity contribution < 1.29 is 18.0 Å². The first-order chi connectivity index (χ1) is 6.45. The van der Waals surface area contributed by atoms with E-state index in [0.717, 1.165) is 6.92 Å². The van der Waals surface area contributed by atoms with Crippen LogP contribution in [-0.2, 0) is 0 Å². The summed E-state index contributed by atoms with van der Waals surface area (Å²) >= 11 is 0. The highest BCUT2D eigenvalue weighted by molar-refractivity contribution is 5.74. The highest BCUT2D eigenvalue weighted by Gasteiger charge is 2.36. The lowest BCUT2D eigenvalue weighted by atomic mass is 10.00. The molecule has 0 aliphatic rings. The second-order valence-corrected chi connectivity index (χ2v) is 3.05. The lowest BCUT2D eigenvalue weighted by Crippen LogP contribution is -2.17. The summed E-state index contributed by atoms with van der Waals surface area (Å²) in [5.74, 6) is -1.50. The third-order valence-corrected chi connectivity index (χ3v) is 2.06. The predicted octanol–water partition coefficient (Wildman–Crippen LogP) is 3.16. The van der Waals surface area contributed by atoms with Crippen LogP contribution in [0.2, 0.25) is 0 Å². The molecule has 0 aliphatic heterocycles. The fraction of sp³-hybridized carbons (Fsp3) is 0.300. The van der Waals surface area contributed by atoms with Crippen LogP contribution in [0.1, 0.15) is 28.8 Å². The zero-order chi connectivity index (χ0) is 10.8. The van der Waals surface area contributed by atoms with E-state index in [1.54, 1.807) is 0 Å². The van der Waals surface area contributed by atoms with Crippen LogP contribution in [0.25, 0.3) is 0 Å². The molecule has 0 radical (unpaired) electrons. The third kappa shape index (κ3) is 2.34. The Kier molecular flexibility index (Phi) is 2.93. The molecule has 1 atom stereocenters. The molecule has 1 nitrogen and oxygen atoms in total. The van der Waals surface area contributed by atoms with Crippen molar-refractivity contribution in [2.75, 3.05) is 0 Å². The second kappa shape index (κ2) is 3.82. The summed E-state index contributed by atoms with van der Waals surface area (Å²) in [5.41, 5.74) is 0.547. The first-order valence-electron chi connectivity index (χ1n) is 4.07. The standard InChI is InChI=1S/C10H9F3O/c1-7(10(11,12)13)9-4-2-8(6-14)3-5-9/h2-7H,1H3. The van der Waals surface area contributed by atoms with E-state index >= 15 is 0 Å². The molecule has 1 unspecified atom stereocenters. The minimum Gasteiger partial charge on any atom is -0.298 e. The van der Waals surface area contributed by atoms with Crippen molar-refractivity contribution in [3.63, 3.8) is 0 Å². The minimum absolute atomic E-state index is 0.170. The average Bonchev–Trinajstić information content (AvgIpc) is 2.15. The maximum Gasteiger partial charge on any atom is 0.395 e. The van der Waals surface area contributed by atoms with Gasteiger partial charge in [0, 0.05) is 5.56 Å². The molecule has 1 aromatic carbocycles. The summed E-state index contributed by atoms with van der Waals surface area (Å²) in [6.07, 6.45) is -3.63. The predicted molar refractivity (Wildman–Crippen MR) is 46.3 cm³/mol. The van der Waals surface area contributed by atoms with Crippen LogP contribution < -0.4 is 0 Å². The molecule has 76 valence electrons. The van der Waals surface area contributed by atoms with E-state index in [1.807, 2.05) is 0 Å². The van der Waals surface area contributed by atoms with E-state index in [9.17, 15) is 18.0 Å². The van der Waals surface area contributed by atoms with Gasteiger partial charge in [0.05, 0.1) is 5.92 Å². The van der Waals surface area contributed by atoms with Crippen molar-refractivity contribution >= 4 is 6.29 Å². The Morgan fingerprint density at radius 2 is 1.71 bits per heavy atom. The van der Waals surface area contributed by atoms with Gasteiger partial charge in [-0.2, -0.15) is 13.2 Å². The van der Waals surface area contributed by atoms with Gasteiger partial charge in [-0.05, 0) is 12.5 Å². The number of alkyl halides is 3. The van der Waals surface area contributed by atoms with E-state index in [1.165, 1.54) is 24.3 Å². The minimum atomic E-state index is -4.23.